The Kier molecular flexibility index (Phi) is 5.86. The molecule has 20 heavy (non-hydrogen) atoms. The van der Waals surface area contributed by atoms with Gasteiger partial charge in [0, 0.05) is 37.6 Å². The van der Waals surface area contributed by atoms with Gasteiger partial charge in [0.1, 0.15) is 0 Å². The van der Waals surface area contributed by atoms with E-state index in [1.807, 2.05) is 29.2 Å². The second-order valence-corrected chi connectivity index (χ2v) is 5.57. The summed E-state index contributed by atoms with van der Waals surface area (Å²) in [4.78, 5) is 17.0. The summed E-state index contributed by atoms with van der Waals surface area (Å²) in [5.74, 6) is 0.835. The number of benzene rings is 1. The van der Waals surface area contributed by atoms with Gasteiger partial charge in [-0.25, -0.2) is 0 Å². The predicted octanol–water partition coefficient (Wildman–Crippen LogP) is 2.64. The summed E-state index contributed by atoms with van der Waals surface area (Å²) in [6, 6.07) is 7.94. The van der Waals surface area contributed by atoms with Gasteiger partial charge in [-0.3, -0.25) is 4.79 Å². The molecule has 0 radical (unpaired) electrons. The lowest BCUT2D eigenvalue weighted by atomic mass is 10.0. The molecule has 1 saturated heterocycles. The van der Waals surface area contributed by atoms with Gasteiger partial charge in [-0.15, -0.1) is 11.6 Å². The third kappa shape index (κ3) is 3.74. The molecule has 0 aliphatic carbocycles. The van der Waals surface area contributed by atoms with Crippen LogP contribution in [0, 0.1) is 0 Å². The van der Waals surface area contributed by atoms with Gasteiger partial charge in [-0.2, -0.15) is 0 Å². The van der Waals surface area contributed by atoms with Crippen molar-refractivity contribution in [3.05, 3.63) is 35.4 Å². The van der Waals surface area contributed by atoms with E-state index in [2.05, 4.69) is 11.8 Å². The maximum Gasteiger partial charge on any atom is 0.254 e. The minimum atomic E-state index is 0.176. The summed E-state index contributed by atoms with van der Waals surface area (Å²) in [6.45, 7) is 6.61. The Hall–Kier alpha value is -1.06. The van der Waals surface area contributed by atoms with E-state index < -0.39 is 0 Å². The van der Waals surface area contributed by atoms with E-state index in [1.54, 1.807) is 0 Å². The number of hydrogen-bond donors (Lipinski definition) is 0. The molecule has 0 bridgehead atoms. The lowest BCUT2D eigenvalue weighted by molar-refractivity contribution is 0.0761. The van der Waals surface area contributed by atoms with Crippen molar-refractivity contribution < 1.29 is 4.79 Å². The van der Waals surface area contributed by atoms with Crippen molar-refractivity contribution in [1.29, 1.82) is 0 Å². The first-order valence-electron chi connectivity index (χ1n) is 7.41. The molecule has 2 rings (SSSR count). The van der Waals surface area contributed by atoms with Crippen LogP contribution in [0.15, 0.2) is 24.3 Å². The smallest absolute Gasteiger partial charge is 0.254 e. The number of alkyl halides is 1. The maximum absolute atomic E-state index is 12.7. The summed E-state index contributed by atoms with van der Waals surface area (Å²) < 4.78 is 0. The van der Waals surface area contributed by atoms with Gasteiger partial charge in [0.25, 0.3) is 5.91 Å². The van der Waals surface area contributed by atoms with E-state index in [0.29, 0.717) is 5.88 Å². The van der Waals surface area contributed by atoms with Crippen molar-refractivity contribution in [1.82, 2.24) is 9.80 Å². The molecule has 1 aliphatic heterocycles. The highest BCUT2D eigenvalue weighted by Crippen LogP contribution is 2.14. The Morgan fingerprint density at radius 3 is 2.75 bits per heavy atom. The molecule has 1 aliphatic rings. The van der Waals surface area contributed by atoms with Crippen molar-refractivity contribution >= 4 is 17.5 Å². The zero-order valence-corrected chi connectivity index (χ0v) is 12.9. The van der Waals surface area contributed by atoms with Crippen LogP contribution in [0.5, 0.6) is 0 Å². The van der Waals surface area contributed by atoms with Crippen molar-refractivity contribution in [3.63, 3.8) is 0 Å². The molecule has 0 N–H and O–H groups in total. The predicted molar refractivity (Wildman–Crippen MR) is 83.5 cm³/mol. The highest BCUT2D eigenvalue weighted by Gasteiger charge is 2.21. The van der Waals surface area contributed by atoms with Crippen LogP contribution in [-0.4, -0.2) is 54.3 Å². The van der Waals surface area contributed by atoms with Gasteiger partial charge < -0.3 is 9.80 Å². The van der Waals surface area contributed by atoms with Crippen LogP contribution >= 0.6 is 11.6 Å². The first-order valence-corrected chi connectivity index (χ1v) is 7.95. The molecular weight excluding hydrogens is 272 g/mol. The van der Waals surface area contributed by atoms with E-state index in [-0.39, 0.29) is 5.91 Å². The number of amides is 1. The van der Waals surface area contributed by atoms with E-state index in [4.69, 9.17) is 11.6 Å². The van der Waals surface area contributed by atoms with Gasteiger partial charge in [0.05, 0.1) is 0 Å². The van der Waals surface area contributed by atoms with Crippen LogP contribution in [0.2, 0.25) is 0 Å². The number of aryl methyl sites for hydroxylation is 1. The lowest BCUT2D eigenvalue weighted by Crippen LogP contribution is -2.36. The molecule has 0 saturated carbocycles. The topological polar surface area (TPSA) is 23.6 Å². The summed E-state index contributed by atoms with van der Waals surface area (Å²) in [5, 5.41) is 0. The van der Waals surface area contributed by atoms with Gasteiger partial charge in [0.15, 0.2) is 0 Å². The molecule has 1 aromatic rings. The fourth-order valence-electron chi connectivity index (χ4n) is 2.72. The summed E-state index contributed by atoms with van der Waals surface area (Å²) in [6.07, 6.45) is 1.92. The fourth-order valence-corrected chi connectivity index (χ4v) is 2.96. The number of halogens is 1. The SMILES string of the molecule is CCc1ccccc1C(=O)N1CCCN(CCCl)CC1. The first-order chi connectivity index (χ1) is 9.76. The zero-order chi connectivity index (χ0) is 14.4. The quantitative estimate of drug-likeness (QED) is 0.797. The second-order valence-electron chi connectivity index (χ2n) is 5.19. The van der Waals surface area contributed by atoms with Crippen LogP contribution in [0.1, 0.15) is 29.3 Å². The van der Waals surface area contributed by atoms with Gasteiger partial charge in [-0.1, -0.05) is 25.1 Å². The van der Waals surface area contributed by atoms with Crippen LogP contribution in [0.4, 0.5) is 0 Å². The van der Waals surface area contributed by atoms with Crippen LogP contribution < -0.4 is 0 Å². The number of nitrogens with zero attached hydrogens (tertiary/aromatic N) is 2. The average Bonchev–Trinajstić information content (AvgIpc) is 2.72. The van der Waals surface area contributed by atoms with Crippen molar-refractivity contribution in [2.45, 2.75) is 19.8 Å². The zero-order valence-electron chi connectivity index (χ0n) is 12.1. The van der Waals surface area contributed by atoms with Gasteiger partial charge in [0.2, 0.25) is 0 Å². The molecule has 1 aromatic carbocycles. The molecule has 0 unspecified atom stereocenters. The highest BCUT2D eigenvalue weighted by molar-refractivity contribution is 6.18. The van der Waals surface area contributed by atoms with Crippen molar-refractivity contribution in [2.75, 3.05) is 38.6 Å². The van der Waals surface area contributed by atoms with Crippen LogP contribution in [-0.2, 0) is 6.42 Å². The Morgan fingerprint density at radius 2 is 2.00 bits per heavy atom. The van der Waals surface area contributed by atoms with E-state index in [1.165, 1.54) is 0 Å². The Morgan fingerprint density at radius 1 is 1.20 bits per heavy atom. The summed E-state index contributed by atoms with van der Waals surface area (Å²) in [5.41, 5.74) is 2.00. The van der Waals surface area contributed by atoms with Crippen LogP contribution in [0.3, 0.4) is 0 Å². The minimum Gasteiger partial charge on any atom is -0.337 e. The largest absolute Gasteiger partial charge is 0.337 e. The first kappa shape index (κ1) is 15.3. The monoisotopic (exact) mass is 294 g/mol. The molecule has 110 valence electrons. The normalized spacial score (nSPS) is 17.0. The number of hydrogen-bond acceptors (Lipinski definition) is 2. The Balaban J connectivity index is 2.05. The molecule has 1 heterocycles. The average molecular weight is 295 g/mol. The van der Waals surface area contributed by atoms with E-state index in [0.717, 1.165) is 56.7 Å². The molecule has 0 aromatic heterocycles. The molecule has 1 fully saturated rings. The number of carbonyl (C=O) groups is 1. The molecule has 0 atom stereocenters. The fraction of sp³-hybridized carbons (Fsp3) is 0.562. The third-order valence-electron chi connectivity index (χ3n) is 3.91. The molecular formula is C16H23ClN2O. The summed E-state index contributed by atoms with van der Waals surface area (Å²) >= 11 is 5.80. The Bertz CT molecular complexity index is 450. The maximum atomic E-state index is 12.7. The molecule has 0 spiro atoms. The standard InChI is InChI=1S/C16H23ClN2O/c1-2-14-6-3-4-7-15(14)16(20)19-10-5-9-18(11-8-17)12-13-19/h3-4,6-7H,2,5,8-13H2,1H3. The summed E-state index contributed by atoms with van der Waals surface area (Å²) in [7, 11) is 0. The molecule has 3 nitrogen and oxygen atoms in total. The lowest BCUT2D eigenvalue weighted by Gasteiger charge is -2.22. The van der Waals surface area contributed by atoms with Gasteiger partial charge >= 0.3 is 0 Å². The second kappa shape index (κ2) is 7.65. The van der Waals surface area contributed by atoms with Crippen molar-refractivity contribution in [3.8, 4) is 0 Å². The highest BCUT2D eigenvalue weighted by atomic mass is 35.5. The molecule has 1 amide bonds. The van der Waals surface area contributed by atoms with E-state index >= 15 is 0 Å². The molecule has 4 heteroatoms. The van der Waals surface area contributed by atoms with Gasteiger partial charge in [-0.05, 0) is 31.0 Å². The van der Waals surface area contributed by atoms with Crippen LogP contribution in [0.25, 0.3) is 0 Å². The number of rotatable bonds is 4. The Labute approximate surface area is 126 Å². The third-order valence-corrected chi connectivity index (χ3v) is 4.07. The number of carbonyl (C=O) groups excluding carboxylic acids is 1. The van der Waals surface area contributed by atoms with Crippen molar-refractivity contribution in [2.24, 2.45) is 0 Å². The minimum absolute atomic E-state index is 0.176. The van der Waals surface area contributed by atoms with E-state index in [9.17, 15) is 4.79 Å².